The Kier molecular flexibility index (Phi) is 3.07. The summed E-state index contributed by atoms with van der Waals surface area (Å²) in [5.74, 6) is -0.533. The topological polar surface area (TPSA) is 114 Å². The zero-order chi connectivity index (χ0) is 9.84. The molecule has 1 heterocycles. The van der Waals surface area contributed by atoms with E-state index in [9.17, 15) is 4.79 Å². The Morgan fingerprint density at radius 1 is 1.62 bits per heavy atom. The highest BCUT2D eigenvalue weighted by Gasteiger charge is 2.28. The predicted octanol–water partition coefficient (Wildman–Crippen LogP) is -1.68. The zero-order valence-corrected chi connectivity index (χ0v) is 7.23. The van der Waals surface area contributed by atoms with Crippen molar-refractivity contribution < 1.29 is 9.90 Å². The number of carbonyl (C=O) groups is 1. The fourth-order valence-corrected chi connectivity index (χ4v) is 1.37. The molecule has 0 saturated carbocycles. The molecule has 1 rings (SSSR count). The fraction of sp³-hybridized carbons (Fsp3) is 0.714. The second-order valence-corrected chi connectivity index (χ2v) is 3.17. The summed E-state index contributed by atoms with van der Waals surface area (Å²) in [7, 11) is 0. The third kappa shape index (κ3) is 2.90. The van der Waals surface area contributed by atoms with E-state index in [4.69, 9.17) is 16.6 Å². The van der Waals surface area contributed by atoms with Crippen LogP contribution in [0.5, 0.6) is 0 Å². The summed E-state index contributed by atoms with van der Waals surface area (Å²) in [4.78, 5) is 14.4. The van der Waals surface area contributed by atoms with Gasteiger partial charge in [0.05, 0.1) is 0 Å². The molecule has 6 N–H and O–H groups in total. The van der Waals surface area contributed by atoms with Gasteiger partial charge in [-0.25, -0.2) is 0 Å². The molecule has 0 bridgehead atoms. The summed E-state index contributed by atoms with van der Waals surface area (Å²) < 4.78 is 0. The fourth-order valence-electron chi connectivity index (χ4n) is 1.37. The highest BCUT2D eigenvalue weighted by atomic mass is 16.4. The highest BCUT2D eigenvalue weighted by Crippen LogP contribution is 2.14. The van der Waals surface area contributed by atoms with Crippen LogP contribution < -0.4 is 16.8 Å². The summed E-state index contributed by atoms with van der Waals surface area (Å²) in [6.45, 7) is 1.16. The monoisotopic (exact) mass is 186 g/mol. The summed E-state index contributed by atoms with van der Waals surface area (Å²) in [6, 6.07) is -0.445. The third-order valence-corrected chi connectivity index (χ3v) is 2.05. The van der Waals surface area contributed by atoms with Crippen LogP contribution in [0.15, 0.2) is 4.99 Å². The lowest BCUT2D eigenvalue weighted by Crippen LogP contribution is -2.29. The third-order valence-electron chi connectivity index (χ3n) is 2.05. The van der Waals surface area contributed by atoms with Crippen LogP contribution in [0.4, 0.5) is 0 Å². The number of aliphatic imine (C=N–C) groups is 1. The number of nitrogens with zero attached hydrogens (tertiary/aromatic N) is 1. The van der Waals surface area contributed by atoms with Crippen molar-refractivity contribution >= 4 is 11.9 Å². The summed E-state index contributed by atoms with van der Waals surface area (Å²) in [5.41, 5.74) is 10.3. The summed E-state index contributed by atoms with van der Waals surface area (Å²) >= 11 is 0. The van der Waals surface area contributed by atoms with Crippen LogP contribution in [-0.2, 0) is 4.79 Å². The molecule has 1 aliphatic rings. The van der Waals surface area contributed by atoms with Crippen LogP contribution >= 0.6 is 0 Å². The SMILES string of the molecule is NC(N)=NC[C@@H]1CN[C@H](C(=O)O)C1. The molecule has 0 radical (unpaired) electrons. The van der Waals surface area contributed by atoms with Crippen molar-refractivity contribution in [2.24, 2.45) is 22.4 Å². The van der Waals surface area contributed by atoms with E-state index in [2.05, 4.69) is 10.3 Å². The molecule has 0 spiro atoms. The maximum Gasteiger partial charge on any atom is 0.320 e. The molecular weight excluding hydrogens is 172 g/mol. The number of rotatable bonds is 3. The van der Waals surface area contributed by atoms with Crippen molar-refractivity contribution in [1.29, 1.82) is 0 Å². The van der Waals surface area contributed by atoms with Crippen molar-refractivity contribution in [2.45, 2.75) is 12.5 Å². The molecule has 0 amide bonds. The Bertz CT molecular complexity index is 225. The summed E-state index contributed by atoms with van der Waals surface area (Å²) in [5, 5.41) is 11.5. The van der Waals surface area contributed by atoms with Gasteiger partial charge in [0.2, 0.25) is 0 Å². The van der Waals surface area contributed by atoms with Crippen molar-refractivity contribution in [3.05, 3.63) is 0 Å². The lowest BCUT2D eigenvalue weighted by molar-refractivity contribution is -0.139. The second-order valence-electron chi connectivity index (χ2n) is 3.17. The molecule has 6 nitrogen and oxygen atoms in total. The zero-order valence-electron chi connectivity index (χ0n) is 7.23. The number of nitrogens with two attached hydrogens (primary N) is 2. The lowest BCUT2D eigenvalue weighted by Gasteiger charge is -2.03. The van der Waals surface area contributed by atoms with Crippen molar-refractivity contribution in [1.82, 2.24) is 5.32 Å². The van der Waals surface area contributed by atoms with E-state index in [-0.39, 0.29) is 11.9 Å². The lowest BCUT2D eigenvalue weighted by atomic mass is 10.1. The van der Waals surface area contributed by atoms with E-state index in [1.54, 1.807) is 0 Å². The molecule has 6 heteroatoms. The van der Waals surface area contributed by atoms with Crippen LogP contribution in [0.25, 0.3) is 0 Å². The first-order chi connectivity index (χ1) is 6.09. The van der Waals surface area contributed by atoms with Gasteiger partial charge >= 0.3 is 5.97 Å². The Labute approximate surface area is 76.0 Å². The second kappa shape index (κ2) is 4.08. The maximum absolute atomic E-state index is 10.5. The van der Waals surface area contributed by atoms with Gasteiger partial charge in [-0.15, -0.1) is 0 Å². The van der Waals surface area contributed by atoms with Gasteiger partial charge in [-0.1, -0.05) is 0 Å². The average Bonchev–Trinajstić information content (AvgIpc) is 2.48. The molecule has 1 aliphatic heterocycles. The van der Waals surface area contributed by atoms with Gasteiger partial charge < -0.3 is 21.9 Å². The molecule has 74 valence electrons. The molecule has 0 aliphatic carbocycles. The van der Waals surface area contributed by atoms with Crippen molar-refractivity contribution in [3.8, 4) is 0 Å². The van der Waals surface area contributed by atoms with Gasteiger partial charge in [0, 0.05) is 13.1 Å². The van der Waals surface area contributed by atoms with E-state index in [0.29, 0.717) is 19.5 Å². The van der Waals surface area contributed by atoms with Gasteiger partial charge in [0.25, 0.3) is 0 Å². The van der Waals surface area contributed by atoms with Gasteiger partial charge in [-0.3, -0.25) is 9.79 Å². The number of carboxylic acids is 1. The Morgan fingerprint density at radius 3 is 2.77 bits per heavy atom. The molecular formula is C7H14N4O2. The average molecular weight is 186 g/mol. The molecule has 1 fully saturated rings. The largest absolute Gasteiger partial charge is 0.480 e. The van der Waals surface area contributed by atoms with Gasteiger partial charge in [-0.05, 0) is 12.3 Å². The van der Waals surface area contributed by atoms with Crippen LogP contribution in [-0.4, -0.2) is 36.2 Å². The molecule has 0 unspecified atom stereocenters. The molecule has 13 heavy (non-hydrogen) atoms. The first kappa shape index (κ1) is 9.79. The highest BCUT2D eigenvalue weighted by molar-refractivity contribution is 5.75. The molecule has 1 saturated heterocycles. The van der Waals surface area contributed by atoms with Crippen LogP contribution in [0.1, 0.15) is 6.42 Å². The smallest absolute Gasteiger partial charge is 0.320 e. The predicted molar refractivity (Wildman–Crippen MR) is 48.2 cm³/mol. The maximum atomic E-state index is 10.5. The van der Waals surface area contributed by atoms with Gasteiger partial charge in [0.15, 0.2) is 5.96 Å². The van der Waals surface area contributed by atoms with Crippen molar-refractivity contribution in [2.75, 3.05) is 13.1 Å². The first-order valence-corrected chi connectivity index (χ1v) is 4.11. The number of nitrogens with one attached hydrogen (secondary N) is 1. The van der Waals surface area contributed by atoms with E-state index in [1.165, 1.54) is 0 Å². The number of aliphatic carboxylic acids is 1. The molecule has 0 aromatic rings. The van der Waals surface area contributed by atoms with Gasteiger partial charge in [-0.2, -0.15) is 0 Å². The van der Waals surface area contributed by atoms with E-state index < -0.39 is 12.0 Å². The number of carboxylic acid groups (broad SMARTS) is 1. The Balaban J connectivity index is 2.33. The number of hydrogen-bond donors (Lipinski definition) is 4. The van der Waals surface area contributed by atoms with Crippen molar-refractivity contribution in [3.63, 3.8) is 0 Å². The minimum Gasteiger partial charge on any atom is -0.480 e. The van der Waals surface area contributed by atoms with E-state index >= 15 is 0 Å². The minimum atomic E-state index is -0.813. The minimum absolute atomic E-state index is 0.0544. The first-order valence-electron chi connectivity index (χ1n) is 4.11. The molecule has 0 aromatic heterocycles. The van der Waals surface area contributed by atoms with Crippen LogP contribution in [0.2, 0.25) is 0 Å². The normalized spacial score (nSPS) is 27.1. The van der Waals surface area contributed by atoms with E-state index in [0.717, 1.165) is 0 Å². The quantitative estimate of drug-likeness (QED) is 0.310. The Hall–Kier alpha value is -1.30. The van der Waals surface area contributed by atoms with E-state index in [1.807, 2.05) is 0 Å². The standard InChI is InChI=1S/C7H14N4O2/c8-7(9)11-3-4-1-5(6(12)13)10-2-4/h4-5,10H,1-3H2,(H,12,13)(H4,8,9,11)/t4-,5-/m0/s1. The summed E-state index contributed by atoms with van der Waals surface area (Å²) in [6.07, 6.45) is 0.589. The molecule has 0 aromatic carbocycles. The van der Waals surface area contributed by atoms with Crippen LogP contribution in [0.3, 0.4) is 0 Å². The van der Waals surface area contributed by atoms with Gasteiger partial charge in [0.1, 0.15) is 6.04 Å². The number of hydrogen-bond acceptors (Lipinski definition) is 3. The van der Waals surface area contributed by atoms with Crippen LogP contribution in [0, 0.1) is 5.92 Å². The molecule has 2 atom stereocenters. The number of guanidine groups is 1. The Morgan fingerprint density at radius 2 is 2.31 bits per heavy atom.